The molecule has 0 radical (unpaired) electrons. The van der Waals surface area contributed by atoms with Gasteiger partial charge < -0.3 is 10.4 Å². The SMILES string of the molecule is Cc1n[nH]c(C)c1CCC(=O)NCC(CC(C)O)c1ccccc1. The van der Waals surface area contributed by atoms with E-state index in [4.69, 9.17) is 0 Å². The molecule has 130 valence electrons. The average Bonchev–Trinajstić information content (AvgIpc) is 2.88. The van der Waals surface area contributed by atoms with Crippen LogP contribution in [-0.2, 0) is 11.2 Å². The third-order valence-electron chi connectivity index (χ3n) is 4.33. The fourth-order valence-electron chi connectivity index (χ4n) is 2.98. The molecule has 1 heterocycles. The van der Waals surface area contributed by atoms with Crippen molar-refractivity contribution in [1.82, 2.24) is 15.5 Å². The fraction of sp³-hybridized carbons (Fsp3) is 0.474. The number of amides is 1. The van der Waals surface area contributed by atoms with E-state index in [-0.39, 0.29) is 11.8 Å². The Morgan fingerprint density at radius 3 is 2.58 bits per heavy atom. The largest absolute Gasteiger partial charge is 0.393 e. The van der Waals surface area contributed by atoms with Crippen molar-refractivity contribution >= 4 is 5.91 Å². The molecule has 0 aliphatic rings. The van der Waals surface area contributed by atoms with Crippen molar-refractivity contribution in [2.45, 2.75) is 52.1 Å². The minimum atomic E-state index is -0.400. The number of aryl methyl sites for hydroxylation is 2. The summed E-state index contributed by atoms with van der Waals surface area (Å²) in [7, 11) is 0. The lowest BCUT2D eigenvalue weighted by Gasteiger charge is -2.19. The van der Waals surface area contributed by atoms with Gasteiger partial charge in [0.1, 0.15) is 0 Å². The van der Waals surface area contributed by atoms with E-state index in [0.29, 0.717) is 25.8 Å². The number of hydrogen-bond donors (Lipinski definition) is 3. The summed E-state index contributed by atoms with van der Waals surface area (Å²) in [4.78, 5) is 12.2. The molecule has 2 rings (SSSR count). The maximum atomic E-state index is 12.2. The summed E-state index contributed by atoms with van der Waals surface area (Å²) in [6.45, 7) is 6.24. The molecule has 0 fully saturated rings. The second-order valence-electron chi connectivity index (χ2n) is 6.41. The highest BCUT2D eigenvalue weighted by Gasteiger charge is 2.16. The number of carbonyl (C=O) groups excluding carboxylic acids is 1. The number of nitrogens with one attached hydrogen (secondary N) is 2. The van der Waals surface area contributed by atoms with Gasteiger partial charge in [0.2, 0.25) is 5.91 Å². The number of nitrogens with zero attached hydrogens (tertiary/aromatic N) is 1. The fourth-order valence-corrected chi connectivity index (χ4v) is 2.98. The van der Waals surface area contributed by atoms with Crippen LogP contribution >= 0.6 is 0 Å². The van der Waals surface area contributed by atoms with Crippen molar-refractivity contribution in [3.63, 3.8) is 0 Å². The molecule has 0 spiro atoms. The van der Waals surface area contributed by atoms with Gasteiger partial charge in [-0.15, -0.1) is 0 Å². The van der Waals surface area contributed by atoms with Gasteiger partial charge in [-0.1, -0.05) is 30.3 Å². The molecule has 0 saturated carbocycles. The molecule has 3 N–H and O–H groups in total. The average molecular weight is 329 g/mol. The van der Waals surface area contributed by atoms with Crippen LogP contribution in [0.4, 0.5) is 0 Å². The third-order valence-corrected chi connectivity index (χ3v) is 4.33. The van der Waals surface area contributed by atoms with E-state index in [2.05, 4.69) is 15.5 Å². The lowest BCUT2D eigenvalue weighted by Crippen LogP contribution is -2.30. The molecule has 5 nitrogen and oxygen atoms in total. The van der Waals surface area contributed by atoms with Gasteiger partial charge >= 0.3 is 0 Å². The molecule has 0 bridgehead atoms. The first-order valence-corrected chi connectivity index (χ1v) is 8.47. The Balaban J connectivity index is 1.88. The van der Waals surface area contributed by atoms with Gasteiger partial charge in [0.05, 0.1) is 11.8 Å². The van der Waals surface area contributed by atoms with Crippen LogP contribution in [0.2, 0.25) is 0 Å². The van der Waals surface area contributed by atoms with Crippen LogP contribution in [0.5, 0.6) is 0 Å². The van der Waals surface area contributed by atoms with Crippen LogP contribution < -0.4 is 5.32 Å². The summed E-state index contributed by atoms with van der Waals surface area (Å²) < 4.78 is 0. The monoisotopic (exact) mass is 329 g/mol. The first-order chi connectivity index (χ1) is 11.5. The van der Waals surface area contributed by atoms with Crippen molar-refractivity contribution < 1.29 is 9.90 Å². The standard InChI is InChI=1S/C19H27N3O2/c1-13(23)11-17(16-7-5-4-6-8-16)12-20-19(24)10-9-18-14(2)21-22-15(18)3/h4-8,13,17,23H,9-12H2,1-3H3,(H,20,24)(H,21,22). The van der Waals surface area contributed by atoms with Crippen LogP contribution in [0.25, 0.3) is 0 Å². The van der Waals surface area contributed by atoms with E-state index in [1.165, 1.54) is 0 Å². The molecule has 2 aromatic rings. The Hall–Kier alpha value is -2.14. The number of aromatic amines is 1. The molecule has 0 aliphatic carbocycles. The van der Waals surface area contributed by atoms with Gasteiger partial charge in [0.15, 0.2) is 0 Å². The zero-order valence-electron chi connectivity index (χ0n) is 14.7. The maximum Gasteiger partial charge on any atom is 0.220 e. The van der Waals surface area contributed by atoms with Crippen molar-refractivity contribution in [3.05, 3.63) is 52.8 Å². The summed E-state index contributed by atoms with van der Waals surface area (Å²) in [5, 5.41) is 19.8. The number of benzene rings is 1. The molecule has 0 saturated heterocycles. The summed E-state index contributed by atoms with van der Waals surface area (Å²) in [5.41, 5.74) is 4.24. The highest BCUT2D eigenvalue weighted by molar-refractivity contribution is 5.76. The number of aromatic nitrogens is 2. The predicted octanol–water partition coefficient (Wildman–Crippen LogP) is 2.63. The Bertz CT molecular complexity index is 630. The first kappa shape index (κ1) is 18.2. The smallest absolute Gasteiger partial charge is 0.220 e. The highest BCUT2D eigenvalue weighted by Crippen LogP contribution is 2.20. The van der Waals surface area contributed by atoms with E-state index >= 15 is 0 Å². The van der Waals surface area contributed by atoms with Gasteiger partial charge in [-0.3, -0.25) is 9.89 Å². The number of H-pyrrole nitrogens is 1. The van der Waals surface area contributed by atoms with Crippen LogP contribution in [-0.4, -0.2) is 33.9 Å². The Morgan fingerprint density at radius 1 is 1.29 bits per heavy atom. The van der Waals surface area contributed by atoms with Crippen LogP contribution in [0.3, 0.4) is 0 Å². The molecular weight excluding hydrogens is 302 g/mol. The molecular formula is C19H27N3O2. The van der Waals surface area contributed by atoms with E-state index < -0.39 is 6.10 Å². The van der Waals surface area contributed by atoms with Crippen LogP contribution in [0, 0.1) is 13.8 Å². The molecule has 24 heavy (non-hydrogen) atoms. The van der Waals surface area contributed by atoms with Gasteiger partial charge in [-0.05, 0) is 44.7 Å². The second kappa shape index (κ2) is 8.64. The van der Waals surface area contributed by atoms with E-state index in [9.17, 15) is 9.90 Å². The molecule has 1 aromatic carbocycles. The number of carbonyl (C=O) groups is 1. The number of hydrogen-bond acceptors (Lipinski definition) is 3. The highest BCUT2D eigenvalue weighted by atomic mass is 16.3. The van der Waals surface area contributed by atoms with Gasteiger partial charge in [0, 0.05) is 24.6 Å². The minimum absolute atomic E-state index is 0.0292. The maximum absolute atomic E-state index is 12.2. The molecule has 5 heteroatoms. The van der Waals surface area contributed by atoms with Gasteiger partial charge in [0.25, 0.3) is 0 Å². The van der Waals surface area contributed by atoms with Crippen LogP contribution in [0.15, 0.2) is 30.3 Å². The van der Waals surface area contributed by atoms with Crippen molar-refractivity contribution in [2.75, 3.05) is 6.54 Å². The third kappa shape index (κ3) is 5.20. The quantitative estimate of drug-likeness (QED) is 0.697. The molecule has 0 aliphatic heterocycles. The van der Waals surface area contributed by atoms with Crippen molar-refractivity contribution in [1.29, 1.82) is 0 Å². The van der Waals surface area contributed by atoms with Gasteiger partial charge in [-0.2, -0.15) is 5.10 Å². The number of aliphatic hydroxyl groups excluding tert-OH is 1. The van der Waals surface area contributed by atoms with E-state index in [1.54, 1.807) is 6.92 Å². The number of rotatable bonds is 8. The molecule has 1 amide bonds. The lowest BCUT2D eigenvalue weighted by molar-refractivity contribution is -0.121. The predicted molar refractivity (Wildman–Crippen MR) is 94.9 cm³/mol. The van der Waals surface area contributed by atoms with E-state index in [0.717, 1.165) is 22.5 Å². The van der Waals surface area contributed by atoms with Crippen molar-refractivity contribution in [3.8, 4) is 0 Å². The summed E-state index contributed by atoms with van der Waals surface area (Å²) in [5.74, 6) is 0.147. The summed E-state index contributed by atoms with van der Waals surface area (Å²) in [6, 6.07) is 10.0. The summed E-state index contributed by atoms with van der Waals surface area (Å²) >= 11 is 0. The Labute approximate surface area is 143 Å². The van der Waals surface area contributed by atoms with Crippen molar-refractivity contribution in [2.24, 2.45) is 0 Å². The normalized spacial score (nSPS) is 13.5. The molecule has 2 atom stereocenters. The van der Waals surface area contributed by atoms with Crippen LogP contribution in [0.1, 0.15) is 48.2 Å². The Kier molecular flexibility index (Phi) is 6.55. The minimum Gasteiger partial charge on any atom is -0.393 e. The zero-order chi connectivity index (χ0) is 17.5. The second-order valence-corrected chi connectivity index (χ2v) is 6.41. The molecule has 2 unspecified atom stereocenters. The molecule has 1 aromatic heterocycles. The lowest BCUT2D eigenvalue weighted by atomic mass is 9.93. The zero-order valence-corrected chi connectivity index (χ0v) is 14.7. The van der Waals surface area contributed by atoms with Gasteiger partial charge in [-0.25, -0.2) is 0 Å². The topological polar surface area (TPSA) is 78.0 Å². The van der Waals surface area contributed by atoms with E-state index in [1.807, 2.05) is 44.2 Å². The number of aliphatic hydroxyl groups is 1. The summed E-state index contributed by atoms with van der Waals surface area (Å²) in [6.07, 6.45) is 1.36. The Morgan fingerprint density at radius 2 is 2.00 bits per heavy atom. The first-order valence-electron chi connectivity index (χ1n) is 8.47.